The van der Waals surface area contributed by atoms with Gasteiger partial charge in [-0.05, 0) is 0 Å². The van der Waals surface area contributed by atoms with Crippen LogP contribution in [0, 0.1) is 18.2 Å². The molecule has 0 spiro atoms. The molecule has 9 rings (SSSR count). The quantitative estimate of drug-likeness (QED) is 0.129. The first-order valence-corrected chi connectivity index (χ1v) is 24.8. The Labute approximate surface area is 448 Å². The topological polar surface area (TPSA) is 95.4 Å². The minimum atomic E-state index is -0.0470. The van der Waals surface area contributed by atoms with E-state index in [1.54, 1.807) is 0 Å². The van der Waals surface area contributed by atoms with Gasteiger partial charge in [0.15, 0.2) is 18.6 Å². The largest absolute Gasteiger partial charge is 3.00 e. The van der Waals surface area contributed by atoms with Crippen LogP contribution in [-0.4, -0.2) is 82.8 Å². The van der Waals surface area contributed by atoms with Gasteiger partial charge in [-0.15, -0.1) is 63.9 Å². The van der Waals surface area contributed by atoms with Crippen molar-refractivity contribution in [3.8, 4) is 0 Å². The Kier molecular flexibility index (Phi) is 15.5. The fourth-order valence-corrected chi connectivity index (χ4v) is 7.67. The van der Waals surface area contributed by atoms with Crippen LogP contribution < -0.4 is 13.7 Å². The van der Waals surface area contributed by atoms with Gasteiger partial charge in [-0.3, -0.25) is 0 Å². The molecule has 0 amide bonds. The van der Waals surface area contributed by atoms with E-state index in [-0.39, 0.29) is 52.6 Å². The maximum absolute atomic E-state index is 4.84. The van der Waals surface area contributed by atoms with E-state index in [2.05, 4.69) is 230 Å². The average molecular weight is 1160 g/mol. The third-order valence-corrected chi connectivity index (χ3v) is 12.6. The van der Waals surface area contributed by atoms with Crippen LogP contribution in [0.1, 0.15) is 158 Å². The summed E-state index contributed by atoms with van der Waals surface area (Å²) >= 11 is 0. The summed E-state index contributed by atoms with van der Waals surface area (Å²) in [6.45, 7) is 39.1. The zero-order valence-corrected chi connectivity index (χ0v) is 49.5. The van der Waals surface area contributed by atoms with Crippen molar-refractivity contribution < 1.29 is 33.8 Å². The first kappa shape index (κ1) is 56.0. The normalized spacial score (nSPS) is 14.1. The molecule has 0 aliphatic carbocycles. The zero-order valence-electron chi connectivity index (χ0n) is 47.1. The monoisotopic (exact) mass is 1160 g/mol. The third-order valence-electron chi connectivity index (χ3n) is 12.6. The smallest absolute Gasteiger partial charge is 0.192 e. The zero-order chi connectivity index (χ0) is 53.1. The summed E-state index contributed by atoms with van der Waals surface area (Å²) < 4.78 is 11.4. The van der Waals surface area contributed by atoms with Crippen molar-refractivity contribution in [1.29, 1.82) is 0 Å². The van der Waals surface area contributed by atoms with Gasteiger partial charge in [-0.1, -0.05) is 141 Å². The van der Waals surface area contributed by atoms with Crippen LogP contribution in [0.25, 0.3) is 0 Å². The summed E-state index contributed by atoms with van der Waals surface area (Å²) in [5.41, 5.74) is 9.65. The van der Waals surface area contributed by atoms with E-state index < -0.39 is 0 Å². The standard InChI is InChI=1S/3C20H25N4.Ir/c3*1-19(2,3)14-8-10-15(11-9-14)24-13-23(7)17-18(24)22-16(12-21-17)20(4,5)6;/h3*8-10,12H,1-7H3;/q3*+1;+3. The molecule has 0 saturated carbocycles. The van der Waals surface area contributed by atoms with Gasteiger partial charge in [0.1, 0.15) is 38.2 Å². The van der Waals surface area contributed by atoms with Gasteiger partial charge in [0.25, 0.3) is 0 Å². The van der Waals surface area contributed by atoms with Crippen LogP contribution in [0.3, 0.4) is 0 Å². The van der Waals surface area contributed by atoms with Crippen LogP contribution in [0.5, 0.6) is 0 Å². The number of aromatic nitrogens is 6. The first-order valence-electron chi connectivity index (χ1n) is 24.8. The Morgan fingerprint density at radius 3 is 0.753 bits per heavy atom. The van der Waals surface area contributed by atoms with E-state index in [4.69, 9.17) is 15.0 Å². The molecule has 3 aliphatic heterocycles. The summed E-state index contributed by atoms with van der Waals surface area (Å²) in [6.07, 6.45) is 5.56. The van der Waals surface area contributed by atoms with Gasteiger partial charge in [-0.2, -0.15) is 68.0 Å². The molecule has 0 fully saturated rings. The van der Waals surface area contributed by atoms with Gasteiger partial charge in [0.2, 0.25) is 0 Å². The molecule has 0 N–H and O–H groups in total. The predicted octanol–water partition coefficient (Wildman–Crippen LogP) is 12.5. The molecule has 3 aromatic carbocycles. The number of hydrogen-bond donors (Lipinski definition) is 0. The molecule has 0 unspecified atom stereocenters. The fourth-order valence-electron chi connectivity index (χ4n) is 7.67. The Morgan fingerprint density at radius 1 is 0.342 bits per heavy atom. The maximum atomic E-state index is 4.84. The SMILES string of the molecule is C[N+]1=C=[N+](c2[c-]cc(C(C)(C)C)cc2)c2nc(C(C)(C)C)cnc21.C[N+]1=C=[N+](c2[c-]cc(C(C)(C)C)cc2)c2nc(C(C)(C)C)cnc21.C[N+]1=C=[N+](c2[c-]cc(C(C)(C)C)cc2)c2nc(C(C)(C)C)cnc21.[Ir+3]. The van der Waals surface area contributed by atoms with Crippen LogP contribution in [0.2, 0.25) is 0 Å². The van der Waals surface area contributed by atoms with Crippen LogP contribution in [0.4, 0.5) is 52.0 Å². The average Bonchev–Trinajstić information content (AvgIpc) is 3.94. The molecule has 3 aliphatic rings. The molecule has 12 nitrogen and oxygen atoms in total. The molecular weight excluding hydrogens is 1080 g/mol. The second kappa shape index (κ2) is 20.2. The Bertz CT molecular complexity index is 2930. The van der Waals surface area contributed by atoms with Gasteiger partial charge in [-0.25, -0.2) is 0 Å². The molecule has 73 heavy (non-hydrogen) atoms. The van der Waals surface area contributed by atoms with Crippen LogP contribution in [-0.2, 0) is 52.6 Å². The fraction of sp³-hybridized carbons (Fsp3) is 0.450. The minimum absolute atomic E-state index is 0. The number of hydrogen-bond acceptors (Lipinski definition) is 6. The number of nitrogens with zero attached hydrogens (tertiary/aromatic N) is 12. The van der Waals surface area contributed by atoms with Crippen molar-refractivity contribution in [3.05, 3.63) is 125 Å². The molecule has 6 aromatic rings. The van der Waals surface area contributed by atoms with Gasteiger partial charge in [0.05, 0.1) is 17.1 Å². The molecule has 13 heteroatoms. The summed E-state index contributed by atoms with van der Waals surface area (Å²) in [6, 6.07) is 38.8. The van der Waals surface area contributed by atoms with E-state index in [1.807, 2.05) is 67.2 Å². The Hall–Kier alpha value is -6.31. The molecule has 6 heterocycles. The first-order chi connectivity index (χ1) is 33.2. The van der Waals surface area contributed by atoms with E-state index in [1.165, 1.54) is 16.7 Å². The molecule has 0 bridgehead atoms. The molecule has 0 saturated heterocycles. The Balaban J connectivity index is 0.000000177. The van der Waals surface area contributed by atoms with Crippen LogP contribution >= 0.6 is 0 Å². The third kappa shape index (κ3) is 12.4. The molecule has 0 atom stereocenters. The number of fused-ring (bicyclic) bond motifs is 3. The van der Waals surface area contributed by atoms with E-state index in [0.29, 0.717) is 0 Å². The maximum Gasteiger partial charge on any atom is 3.00 e. The second-order valence-electron chi connectivity index (χ2n) is 25.1. The van der Waals surface area contributed by atoms with Crippen molar-refractivity contribution in [3.63, 3.8) is 0 Å². The van der Waals surface area contributed by atoms with Gasteiger partial charge < -0.3 is 0 Å². The molecule has 378 valence electrons. The predicted molar refractivity (Wildman–Crippen MR) is 291 cm³/mol. The summed E-state index contributed by atoms with van der Waals surface area (Å²) in [7, 11) is 5.81. The number of rotatable bonds is 3. The molecule has 3 aromatic heterocycles. The van der Waals surface area contributed by atoms with Crippen molar-refractivity contribution in [2.75, 3.05) is 21.1 Å². The van der Waals surface area contributed by atoms with Gasteiger partial charge >= 0.3 is 73.0 Å². The van der Waals surface area contributed by atoms with E-state index in [0.717, 1.165) is 69.1 Å². The molecular formula is C60H75IrN12+6. The summed E-state index contributed by atoms with van der Waals surface area (Å²) in [5.74, 6) is 4.88. The number of benzene rings is 3. The van der Waals surface area contributed by atoms with Crippen molar-refractivity contribution in [2.45, 2.75) is 157 Å². The summed E-state index contributed by atoms with van der Waals surface area (Å²) in [4.78, 5) is 28.3. The van der Waals surface area contributed by atoms with E-state index >= 15 is 0 Å². The van der Waals surface area contributed by atoms with E-state index in [9.17, 15) is 0 Å². The van der Waals surface area contributed by atoms with Crippen molar-refractivity contribution in [2.24, 2.45) is 0 Å². The second-order valence-corrected chi connectivity index (χ2v) is 25.1. The van der Waals surface area contributed by atoms with Crippen molar-refractivity contribution >= 4 is 70.0 Å². The Morgan fingerprint density at radius 2 is 0.575 bits per heavy atom. The van der Waals surface area contributed by atoms with Gasteiger partial charge in [0, 0.05) is 31.2 Å². The minimum Gasteiger partial charge on any atom is -0.192 e. The molecule has 0 radical (unpaired) electrons. The van der Waals surface area contributed by atoms with Crippen molar-refractivity contribution in [1.82, 2.24) is 43.6 Å². The summed E-state index contributed by atoms with van der Waals surface area (Å²) in [5, 5.41) is 0. The van der Waals surface area contributed by atoms with Crippen LogP contribution in [0.15, 0.2) is 73.2 Å².